The highest BCUT2D eigenvalue weighted by molar-refractivity contribution is 6.11. The van der Waals surface area contributed by atoms with Gasteiger partial charge in [-0.15, -0.1) is 0 Å². The molecule has 0 aliphatic heterocycles. The van der Waals surface area contributed by atoms with Crippen molar-refractivity contribution in [3.8, 4) is 51.8 Å². The molecule has 0 atom stereocenters. The average molecular weight is 636 g/mol. The van der Waals surface area contributed by atoms with E-state index >= 15 is 0 Å². The van der Waals surface area contributed by atoms with Gasteiger partial charge in [0.15, 0.2) is 0 Å². The molecule has 0 bridgehead atoms. The molecular weight excluding hydrogens is 611 g/mol. The highest BCUT2D eigenvalue weighted by atomic mass is 15.0. The topological polar surface area (TPSA) is 81.2 Å². The van der Waals surface area contributed by atoms with Crippen LogP contribution in [0.3, 0.4) is 0 Å². The molecule has 0 N–H and O–H groups in total. The van der Waals surface area contributed by atoms with Crippen LogP contribution in [0.25, 0.3) is 77.2 Å². The lowest BCUT2D eigenvalue weighted by Crippen LogP contribution is -2.03. The minimum atomic E-state index is 0.336. The molecule has 9 rings (SSSR count). The van der Waals surface area contributed by atoms with Crippen LogP contribution in [-0.2, 0) is 0 Å². The van der Waals surface area contributed by atoms with Crippen LogP contribution in [0.2, 0.25) is 0 Å². The van der Waals surface area contributed by atoms with Crippen molar-refractivity contribution >= 4 is 43.6 Å². The van der Waals surface area contributed by atoms with Crippen LogP contribution in [0.1, 0.15) is 16.7 Å². The molecule has 0 aliphatic carbocycles. The SMILES string of the molecule is N#Cc1ccc2c(c1)c1ccccc1n2-c1ccc(-c2ccccc2-c2ccc(C#N)c(C#N)c2-n2c3ccccc3c3ccccc32)cc1. The Balaban J connectivity index is 1.25. The molecule has 0 saturated carbocycles. The molecule has 0 unspecified atom stereocenters. The fraction of sp³-hybridized carbons (Fsp3) is 0. The van der Waals surface area contributed by atoms with Crippen LogP contribution >= 0.6 is 0 Å². The summed E-state index contributed by atoms with van der Waals surface area (Å²) >= 11 is 0. The molecule has 50 heavy (non-hydrogen) atoms. The van der Waals surface area contributed by atoms with E-state index in [-0.39, 0.29) is 0 Å². The van der Waals surface area contributed by atoms with Gasteiger partial charge in [0.1, 0.15) is 12.1 Å². The summed E-state index contributed by atoms with van der Waals surface area (Å²) in [6.45, 7) is 0. The third-order valence-electron chi connectivity index (χ3n) is 9.67. The van der Waals surface area contributed by atoms with Gasteiger partial charge in [-0.1, -0.05) is 97.1 Å². The molecule has 9 aromatic rings. The number of benzene rings is 7. The Labute approximate surface area is 287 Å². The van der Waals surface area contributed by atoms with E-state index in [2.05, 4.69) is 100 Å². The zero-order valence-corrected chi connectivity index (χ0v) is 26.7. The molecular formula is C45H25N5. The Morgan fingerprint density at radius 3 is 1.58 bits per heavy atom. The van der Waals surface area contributed by atoms with Gasteiger partial charge in [-0.3, -0.25) is 0 Å². The molecule has 0 saturated heterocycles. The zero-order chi connectivity index (χ0) is 33.8. The largest absolute Gasteiger partial charge is 0.309 e. The van der Waals surface area contributed by atoms with Crippen molar-refractivity contribution in [1.29, 1.82) is 15.8 Å². The number of aromatic nitrogens is 2. The first-order chi connectivity index (χ1) is 24.7. The van der Waals surface area contributed by atoms with Crippen LogP contribution in [0.5, 0.6) is 0 Å². The van der Waals surface area contributed by atoms with E-state index in [1.807, 2.05) is 72.8 Å². The highest BCUT2D eigenvalue weighted by Crippen LogP contribution is 2.42. The second-order valence-electron chi connectivity index (χ2n) is 12.3. The summed E-state index contributed by atoms with van der Waals surface area (Å²) < 4.78 is 4.38. The summed E-state index contributed by atoms with van der Waals surface area (Å²) in [5.41, 5.74) is 10.9. The first kappa shape index (κ1) is 28.8. The number of rotatable bonds is 4. The predicted molar refractivity (Wildman–Crippen MR) is 200 cm³/mol. The maximum absolute atomic E-state index is 10.6. The monoisotopic (exact) mass is 635 g/mol. The van der Waals surface area contributed by atoms with E-state index < -0.39 is 0 Å². The molecule has 7 aromatic carbocycles. The van der Waals surface area contributed by atoms with E-state index in [1.54, 1.807) is 6.07 Å². The minimum Gasteiger partial charge on any atom is -0.309 e. The van der Waals surface area contributed by atoms with E-state index in [4.69, 9.17) is 0 Å². The predicted octanol–water partition coefficient (Wildman–Crippen LogP) is 10.8. The fourth-order valence-corrected chi connectivity index (χ4v) is 7.49. The third kappa shape index (κ3) is 4.24. The second kappa shape index (κ2) is 11.4. The first-order valence-electron chi connectivity index (χ1n) is 16.3. The summed E-state index contributed by atoms with van der Waals surface area (Å²) in [5, 5.41) is 34.6. The van der Waals surface area contributed by atoms with Gasteiger partial charge in [-0.25, -0.2) is 0 Å². The molecule has 230 valence electrons. The van der Waals surface area contributed by atoms with Crippen molar-refractivity contribution < 1.29 is 0 Å². The van der Waals surface area contributed by atoms with Gasteiger partial charge in [-0.05, 0) is 71.3 Å². The van der Waals surface area contributed by atoms with Crippen molar-refractivity contribution in [3.05, 3.63) is 168 Å². The van der Waals surface area contributed by atoms with Gasteiger partial charge in [0, 0.05) is 32.8 Å². The molecule has 2 heterocycles. The van der Waals surface area contributed by atoms with Crippen LogP contribution < -0.4 is 0 Å². The molecule has 2 aromatic heterocycles. The van der Waals surface area contributed by atoms with Crippen molar-refractivity contribution in [3.63, 3.8) is 0 Å². The third-order valence-corrected chi connectivity index (χ3v) is 9.67. The number of nitriles is 3. The zero-order valence-electron chi connectivity index (χ0n) is 26.7. The highest BCUT2D eigenvalue weighted by Gasteiger charge is 2.23. The number of hydrogen-bond acceptors (Lipinski definition) is 3. The number of hydrogen-bond donors (Lipinski definition) is 0. The van der Waals surface area contributed by atoms with E-state index in [0.717, 1.165) is 71.6 Å². The van der Waals surface area contributed by atoms with Crippen LogP contribution in [0.15, 0.2) is 152 Å². The Morgan fingerprint density at radius 2 is 0.960 bits per heavy atom. The Morgan fingerprint density at radius 1 is 0.400 bits per heavy atom. The summed E-state index contributed by atoms with van der Waals surface area (Å²) in [5.74, 6) is 0. The number of fused-ring (bicyclic) bond motifs is 6. The van der Waals surface area contributed by atoms with Gasteiger partial charge < -0.3 is 9.13 Å². The summed E-state index contributed by atoms with van der Waals surface area (Å²) in [6.07, 6.45) is 0. The van der Waals surface area contributed by atoms with Gasteiger partial charge in [0.2, 0.25) is 0 Å². The molecule has 5 heteroatoms. The van der Waals surface area contributed by atoms with E-state index in [0.29, 0.717) is 22.4 Å². The van der Waals surface area contributed by atoms with Crippen LogP contribution in [0.4, 0.5) is 0 Å². The van der Waals surface area contributed by atoms with Crippen molar-refractivity contribution in [1.82, 2.24) is 9.13 Å². The van der Waals surface area contributed by atoms with Gasteiger partial charge in [-0.2, -0.15) is 15.8 Å². The van der Waals surface area contributed by atoms with E-state index in [1.165, 1.54) is 0 Å². The fourth-order valence-electron chi connectivity index (χ4n) is 7.49. The number of nitrogens with zero attached hydrogens (tertiary/aromatic N) is 5. The Bertz CT molecular complexity index is 2900. The van der Waals surface area contributed by atoms with Crippen LogP contribution in [-0.4, -0.2) is 9.13 Å². The molecule has 0 amide bonds. The van der Waals surface area contributed by atoms with Gasteiger partial charge >= 0.3 is 0 Å². The molecule has 0 radical (unpaired) electrons. The maximum atomic E-state index is 10.6. The van der Waals surface area contributed by atoms with Crippen molar-refractivity contribution in [2.75, 3.05) is 0 Å². The molecule has 5 nitrogen and oxygen atoms in total. The lowest BCUT2D eigenvalue weighted by Gasteiger charge is -2.19. The Hall–Kier alpha value is -7.39. The normalized spacial score (nSPS) is 11.1. The summed E-state index contributed by atoms with van der Waals surface area (Å²) in [4.78, 5) is 0. The van der Waals surface area contributed by atoms with Gasteiger partial charge in [0.05, 0.1) is 50.5 Å². The van der Waals surface area contributed by atoms with Gasteiger partial charge in [0.25, 0.3) is 0 Å². The first-order valence-corrected chi connectivity index (χ1v) is 16.3. The molecule has 0 fully saturated rings. The lowest BCUT2D eigenvalue weighted by atomic mass is 9.90. The standard InChI is InChI=1S/C45H25N5/c46-26-29-17-24-44-39(25-29)37-13-5-6-14-41(37)49(44)32-21-18-30(19-22-32)33-9-1-2-10-34(33)38-23-20-31(27-47)40(28-48)45(38)50-42-15-7-3-11-35(42)36-12-4-8-16-43(36)50/h1-25H. The summed E-state index contributed by atoms with van der Waals surface area (Å²) in [7, 11) is 0. The lowest BCUT2D eigenvalue weighted by molar-refractivity contribution is 1.16. The Kier molecular flexibility index (Phi) is 6.56. The summed E-state index contributed by atoms with van der Waals surface area (Å²) in [6, 6.07) is 57.9. The smallest absolute Gasteiger partial charge is 0.103 e. The maximum Gasteiger partial charge on any atom is 0.103 e. The average Bonchev–Trinajstić information content (AvgIpc) is 3.70. The number of para-hydroxylation sites is 3. The van der Waals surface area contributed by atoms with Crippen molar-refractivity contribution in [2.45, 2.75) is 0 Å². The van der Waals surface area contributed by atoms with Crippen molar-refractivity contribution in [2.24, 2.45) is 0 Å². The molecule has 0 aliphatic rings. The van der Waals surface area contributed by atoms with E-state index in [9.17, 15) is 15.8 Å². The minimum absolute atomic E-state index is 0.336. The second-order valence-corrected chi connectivity index (χ2v) is 12.3. The van der Waals surface area contributed by atoms with Crippen LogP contribution in [0, 0.1) is 34.0 Å². The quantitative estimate of drug-likeness (QED) is 0.193. The molecule has 0 spiro atoms.